The summed E-state index contributed by atoms with van der Waals surface area (Å²) in [6.07, 6.45) is 0.748. The predicted octanol–water partition coefficient (Wildman–Crippen LogP) is 4.22. The molecule has 1 heterocycles. The van der Waals surface area contributed by atoms with Crippen LogP contribution in [0.2, 0.25) is 0 Å². The number of hydrogen-bond donors (Lipinski definition) is 2. The Hall–Kier alpha value is -2.05. The van der Waals surface area contributed by atoms with Crippen molar-refractivity contribution in [2.45, 2.75) is 15.6 Å². The van der Waals surface area contributed by atoms with Gasteiger partial charge in [-0.15, -0.1) is 11.3 Å². The van der Waals surface area contributed by atoms with Gasteiger partial charge in [0.15, 0.2) is 0 Å². The summed E-state index contributed by atoms with van der Waals surface area (Å²) in [6, 6.07) is 14.6. The Morgan fingerprint density at radius 3 is 2.86 bits per heavy atom. The zero-order valence-electron chi connectivity index (χ0n) is 10.9. The SMILES string of the molecule is O=C(O)NCc1ncc(Sc2ccc3ccccc3c2)s1. The van der Waals surface area contributed by atoms with Gasteiger partial charge in [0, 0.05) is 4.90 Å². The summed E-state index contributed by atoms with van der Waals surface area (Å²) in [5, 5.41) is 14.1. The summed E-state index contributed by atoms with van der Waals surface area (Å²) < 4.78 is 1.05. The van der Waals surface area contributed by atoms with Crippen LogP contribution in [0.3, 0.4) is 0 Å². The quantitative estimate of drug-likeness (QED) is 0.756. The maximum absolute atomic E-state index is 10.5. The number of hydrogen-bond acceptors (Lipinski definition) is 4. The summed E-state index contributed by atoms with van der Waals surface area (Å²) in [6.45, 7) is 0.248. The lowest BCUT2D eigenvalue weighted by atomic mass is 10.1. The van der Waals surface area contributed by atoms with Gasteiger partial charge in [-0.2, -0.15) is 0 Å². The molecule has 0 unspecified atom stereocenters. The number of benzene rings is 2. The Kier molecular flexibility index (Phi) is 4.08. The fraction of sp³-hybridized carbons (Fsp3) is 0.0667. The maximum atomic E-state index is 10.5. The van der Waals surface area contributed by atoms with Gasteiger partial charge < -0.3 is 10.4 Å². The molecular formula is C15H12N2O2S2. The molecule has 1 aromatic heterocycles. The van der Waals surface area contributed by atoms with Gasteiger partial charge in [0.1, 0.15) is 5.01 Å². The highest BCUT2D eigenvalue weighted by Crippen LogP contribution is 2.33. The summed E-state index contributed by atoms with van der Waals surface area (Å²) in [7, 11) is 0. The highest BCUT2D eigenvalue weighted by Gasteiger charge is 2.06. The Morgan fingerprint density at radius 2 is 2.05 bits per heavy atom. The van der Waals surface area contributed by atoms with Crippen molar-refractivity contribution < 1.29 is 9.90 Å². The molecule has 4 nitrogen and oxygen atoms in total. The van der Waals surface area contributed by atoms with Gasteiger partial charge in [0.2, 0.25) is 0 Å². The largest absolute Gasteiger partial charge is 0.465 e. The van der Waals surface area contributed by atoms with Crippen LogP contribution in [0.1, 0.15) is 5.01 Å². The Balaban J connectivity index is 1.74. The third-order valence-electron chi connectivity index (χ3n) is 2.86. The summed E-state index contributed by atoms with van der Waals surface area (Å²) in [5.41, 5.74) is 0. The minimum Gasteiger partial charge on any atom is -0.465 e. The topological polar surface area (TPSA) is 62.2 Å². The fourth-order valence-electron chi connectivity index (χ4n) is 1.92. The smallest absolute Gasteiger partial charge is 0.405 e. The zero-order valence-corrected chi connectivity index (χ0v) is 12.6. The Morgan fingerprint density at radius 1 is 1.24 bits per heavy atom. The van der Waals surface area contributed by atoms with E-state index in [2.05, 4.69) is 40.6 Å². The molecular weight excluding hydrogens is 304 g/mol. The average molecular weight is 316 g/mol. The molecule has 6 heteroatoms. The van der Waals surface area contributed by atoms with E-state index in [0.29, 0.717) is 0 Å². The number of nitrogens with zero attached hydrogens (tertiary/aromatic N) is 1. The molecule has 3 rings (SSSR count). The lowest BCUT2D eigenvalue weighted by Gasteiger charge is -2.01. The first-order chi connectivity index (χ1) is 10.2. The summed E-state index contributed by atoms with van der Waals surface area (Å²) in [5.74, 6) is 0. The molecule has 106 valence electrons. The van der Waals surface area contributed by atoms with Crippen LogP contribution in [0.5, 0.6) is 0 Å². The minimum absolute atomic E-state index is 0.248. The van der Waals surface area contributed by atoms with Gasteiger partial charge in [0.05, 0.1) is 17.0 Å². The molecule has 0 aliphatic rings. The second-order valence-electron chi connectivity index (χ2n) is 4.34. The van der Waals surface area contributed by atoms with Crippen LogP contribution in [0, 0.1) is 0 Å². The maximum Gasteiger partial charge on any atom is 0.405 e. The molecule has 0 radical (unpaired) electrons. The molecule has 21 heavy (non-hydrogen) atoms. The molecule has 2 aromatic carbocycles. The van der Waals surface area contributed by atoms with E-state index in [0.717, 1.165) is 14.1 Å². The van der Waals surface area contributed by atoms with Crippen molar-refractivity contribution in [2.75, 3.05) is 0 Å². The number of thiazole rings is 1. The van der Waals surface area contributed by atoms with Crippen molar-refractivity contribution >= 4 is 40.0 Å². The van der Waals surface area contributed by atoms with E-state index < -0.39 is 6.09 Å². The van der Waals surface area contributed by atoms with Crippen LogP contribution in [-0.2, 0) is 6.54 Å². The van der Waals surface area contributed by atoms with E-state index in [9.17, 15) is 4.79 Å². The van der Waals surface area contributed by atoms with Gasteiger partial charge in [-0.1, -0.05) is 42.1 Å². The molecule has 0 saturated carbocycles. The first kappa shape index (κ1) is 13.9. The molecule has 0 saturated heterocycles. The summed E-state index contributed by atoms with van der Waals surface area (Å²) in [4.78, 5) is 15.8. The summed E-state index contributed by atoms with van der Waals surface area (Å²) >= 11 is 3.14. The van der Waals surface area contributed by atoms with E-state index >= 15 is 0 Å². The molecule has 0 aliphatic carbocycles. The highest BCUT2D eigenvalue weighted by atomic mass is 32.2. The van der Waals surface area contributed by atoms with Crippen LogP contribution in [0.15, 0.2) is 57.8 Å². The van der Waals surface area contributed by atoms with Gasteiger partial charge >= 0.3 is 6.09 Å². The molecule has 2 N–H and O–H groups in total. The van der Waals surface area contributed by atoms with Crippen molar-refractivity contribution in [3.8, 4) is 0 Å². The normalized spacial score (nSPS) is 10.7. The molecule has 0 spiro atoms. The van der Waals surface area contributed by atoms with Crippen LogP contribution in [-0.4, -0.2) is 16.2 Å². The number of carboxylic acid groups (broad SMARTS) is 1. The fourth-order valence-corrected chi connectivity index (χ4v) is 3.91. The van der Waals surface area contributed by atoms with Gasteiger partial charge in [0.25, 0.3) is 0 Å². The monoisotopic (exact) mass is 316 g/mol. The van der Waals surface area contributed by atoms with Crippen LogP contribution < -0.4 is 5.32 Å². The standard InChI is InChI=1S/C15H12N2O2S2/c18-15(19)17-8-13-16-9-14(21-13)20-12-6-5-10-3-1-2-4-11(10)7-12/h1-7,9,17H,8H2,(H,18,19). The zero-order chi connectivity index (χ0) is 14.7. The number of fused-ring (bicyclic) bond motifs is 1. The average Bonchev–Trinajstić information content (AvgIpc) is 2.92. The van der Waals surface area contributed by atoms with E-state index in [1.165, 1.54) is 22.1 Å². The minimum atomic E-state index is -1.03. The second-order valence-corrected chi connectivity index (χ2v) is 6.83. The van der Waals surface area contributed by atoms with Crippen LogP contribution in [0.25, 0.3) is 10.8 Å². The van der Waals surface area contributed by atoms with Crippen molar-refractivity contribution in [1.82, 2.24) is 10.3 Å². The predicted molar refractivity (Wildman–Crippen MR) is 85.0 cm³/mol. The lowest BCUT2D eigenvalue weighted by molar-refractivity contribution is 0.194. The van der Waals surface area contributed by atoms with E-state index in [1.807, 2.05) is 12.1 Å². The van der Waals surface area contributed by atoms with Crippen molar-refractivity contribution in [2.24, 2.45) is 0 Å². The van der Waals surface area contributed by atoms with Gasteiger partial charge in [-0.25, -0.2) is 9.78 Å². The highest BCUT2D eigenvalue weighted by molar-refractivity contribution is 8.01. The van der Waals surface area contributed by atoms with Crippen LogP contribution in [0.4, 0.5) is 4.79 Å². The first-order valence-electron chi connectivity index (χ1n) is 6.29. The van der Waals surface area contributed by atoms with Crippen molar-refractivity contribution in [3.05, 3.63) is 53.7 Å². The lowest BCUT2D eigenvalue weighted by Crippen LogP contribution is -2.19. The van der Waals surface area contributed by atoms with Crippen LogP contribution >= 0.6 is 23.1 Å². The Labute approximate surface area is 129 Å². The van der Waals surface area contributed by atoms with Gasteiger partial charge in [-0.3, -0.25) is 0 Å². The number of rotatable bonds is 4. The van der Waals surface area contributed by atoms with Gasteiger partial charge in [-0.05, 0) is 22.9 Å². The third kappa shape index (κ3) is 3.53. The molecule has 0 bridgehead atoms. The van der Waals surface area contributed by atoms with E-state index in [4.69, 9.17) is 5.11 Å². The first-order valence-corrected chi connectivity index (χ1v) is 7.92. The molecule has 1 amide bonds. The number of aromatic nitrogens is 1. The molecule has 0 aliphatic heterocycles. The third-order valence-corrected chi connectivity index (χ3v) is 4.95. The van der Waals surface area contributed by atoms with E-state index in [-0.39, 0.29) is 6.54 Å². The van der Waals surface area contributed by atoms with Crippen molar-refractivity contribution in [3.63, 3.8) is 0 Å². The number of amides is 1. The van der Waals surface area contributed by atoms with Crippen molar-refractivity contribution in [1.29, 1.82) is 0 Å². The van der Waals surface area contributed by atoms with E-state index in [1.54, 1.807) is 18.0 Å². The Bertz CT molecular complexity index is 786. The molecule has 3 aromatic rings. The number of nitrogens with one attached hydrogen (secondary N) is 1. The molecule has 0 fully saturated rings. The molecule has 0 atom stereocenters. The second kappa shape index (κ2) is 6.15. The number of carbonyl (C=O) groups is 1.